The van der Waals surface area contributed by atoms with Gasteiger partial charge in [0.15, 0.2) is 0 Å². The van der Waals surface area contributed by atoms with Crippen LogP contribution in [0.15, 0.2) is 35.4 Å². The van der Waals surface area contributed by atoms with Gasteiger partial charge in [0, 0.05) is 28.7 Å². The first kappa shape index (κ1) is 17.8. The third kappa shape index (κ3) is 3.37. The van der Waals surface area contributed by atoms with Crippen molar-refractivity contribution in [2.75, 3.05) is 5.32 Å². The first-order chi connectivity index (χ1) is 13.0. The van der Waals surface area contributed by atoms with E-state index < -0.39 is 0 Å². The van der Waals surface area contributed by atoms with Crippen molar-refractivity contribution in [2.24, 2.45) is 0 Å². The molecule has 0 bridgehead atoms. The van der Waals surface area contributed by atoms with Gasteiger partial charge in [0.1, 0.15) is 12.1 Å². The summed E-state index contributed by atoms with van der Waals surface area (Å²) in [5, 5.41) is 8.00. The molecule has 7 heteroatoms. The Kier molecular flexibility index (Phi) is 4.74. The maximum absolute atomic E-state index is 13.0. The summed E-state index contributed by atoms with van der Waals surface area (Å²) in [7, 11) is 0. The van der Waals surface area contributed by atoms with E-state index in [1.54, 1.807) is 35.1 Å². The minimum absolute atomic E-state index is 0.0543. The molecule has 2 aromatic heterocycles. The normalized spacial score (nSPS) is 14.0. The Bertz CT molecular complexity index is 1080. The molecule has 0 unspecified atom stereocenters. The predicted molar refractivity (Wildman–Crippen MR) is 106 cm³/mol. The van der Waals surface area contributed by atoms with E-state index in [2.05, 4.69) is 10.4 Å². The van der Waals surface area contributed by atoms with Crippen LogP contribution in [0.2, 0.25) is 5.02 Å². The smallest absolute Gasteiger partial charge is 0.277 e. The highest BCUT2D eigenvalue weighted by atomic mass is 35.5. The van der Waals surface area contributed by atoms with Crippen LogP contribution in [-0.4, -0.2) is 20.1 Å². The van der Waals surface area contributed by atoms with E-state index in [0.717, 1.165) is 48.9 Å². The number of amides is 1. The summed E-state index contributed by atoms with van der Waals surface area (Å²) in [5.74, 6) is -0.266. The standard InChI is InChI=1S/C20H21ClN4O2/c1-13-15(21)7-5-9-16(13)22-18(26)12-24-10-11-25-19(20(24)27)14-6-3-2-4-8-17(14)23-25/h5,7,9-11H,2-4,6,8,12H2,1H3,(H,22,26). The molecular formula is C20H21ClN4O2. The van der Waals surface area contributed by atoms with Crippen LogP contribution in [-0.2, 0) is 24.2 Å². The SMILES string of the molecule is Cc1c(Cl)cccc1NC(=O)Cn1ccn2nc3c(c2c1=O)CCCCC3. The zero-order valence-corrected chi connectivity index (χ0v) is 15.9. The summed E-state index contributed by atoms with van der Waals surface area (Å²) in [6.07, 6.45) is 8.47. The van der Waals surface area contributed by atoms with Crippen LogP contribution < -0.4 is 10.9 Å². The lowest BCUT2D eigenvalue weighted by Gasteiger charge is -2.11. The molecule has 0 radical (unpaired) electrons. The Morgan fingerprint density at radius 2 is 2.04 bits per heavy atom. The van der Waals surface area contributed by atoms with Gasteiger partial charge in [-0.1, -0.05) is 24.1 Å². The predicted octanol–water partition coefficient (Wildman–Crippen LogP) is 3.37. The number of aryl methyl sites for hydroxylation is 2. The molecule has 1 N–H and O–H groups in total. The van der Waals surface area contributed by atoms with Gasteiger partial charge in [-0.3, -0.25) is 9.59 Å². The van der Waals surface area contributed by atoms with Gasteiger partial charge in [-0.05, 0) is 50.3 Å². The highest BCUT2D eigenvalue weighted by molar-refractivity contribution is 6.31. The number of nitrogens with zero attached hydrogens (tertiary/aromatic N) is 3. The Morgan fingerprint density at radius 3 is 2.89 bits per heavy atom. The van der Waals surface area contributed by atoms with E-state index in [0.29, 0.717) is 16.2 Å². The first-order valence-electron chi connectivity index (χ1n) is 9.19. The Morgan fingerprint density at radius 1 is 1.22 bits per heavy atom. The van der Waals surface area contributed by atoms with Crippen LogP contribution in [0.25, 0.3) is 5.52 Å². The largest absolute Gasteiger partial charge is 0.324 e. The van der Waals surface area contributed by atoms with Crippen molar-refractivity contribution in [1.82, 2.24) is 14.2 Å². The Balaban J connectivity index is 1.63. The molecule has 1 amide bonds. The second kappa shape index (κ2) is 7.19. The number of benzene rings is 1. The molecule has 1 aliphatic carbocycles. The van der Waals surface area contributed by atoms with Crippen LogP contribution in [0.4, 0.5) is 5.69 Å². The number of carbonyl (C=O) groups is 1. The average molecular weight is 385 g/mol. The molecule has 2 heterocycles. The van der Waals surface area contributed by atoms with Crippen LogP contribution in [0.3, 0.4) is 0 Å². The van der Waals surface area contributed by atoms with Crippen LogP contribution in [0.5, 0.6) is 0 Å². The Hall–Kier alpha value is -2.60. The number of fused-ring (bicyclic) bond motifs is 3. The summed E-state index contributed by atoms with van der Waals surface area (Å²) in [6.45, 7) is 1.79. The topological polar surface area (TPSA) is 68.4 Å². The van der Waals surface area contributed by atoms with Gasteiger partial charge in [-0.15, -0.1) is 0 Å². The zero-order chi connectivity index (χ0) is 19.0. The highest BCUT2D eigenvalue weighted by Crippen LogP contribution is 2.23. The molecule has 0 atom stereocenters. The lowest BCUT2D eigenvalue weighted by atomic mass is 10.1. The molecule has 0 saturated heterocycles. The van der Waals surface area contributed by atoms with Crippen LogP contribution in [0.1, 0.15) is 36.1 Å². The molecule has 140 valence electrons. The van der Waals surface area contributed by atoms with Gasteiger partial charge >= 0.3 is 0 Å². The van der Waals surface area contributed by atoms with Crippen LogP contribution in [0, 0.1) is 6.92 Å². The van der Waals surface area contributed by atoms with Crippen molar-refractivity contribution in [2.45, 2.75) is 45.6 Å². The average Bonchev–Trinajstić information content (AvgIpc) is 2.84. The molecule has 6 nitrogen and oxygen atoms in total. The maximum atomic E-state index is 13.0. The third-order valence-corrected chi connectivity index (χ3v) is 5.55. The second-order valence-electron chi connectivity index (χ2n) is 6.97. The summed E-state index contributed by atoms with van der Waals surface area (Å²) < 4.78 is 3.10. The van der Waals surface area contributed by atoms with Crippen molar-refractivity contribution in [1.29, 1.82) is 0 Å². The van der Waals surface area contributed by atoms with E-state index >= 15 is 0 Å². The van der Waals surface area contributed by atoms with Gasteiger partial charge < -0.3 is 9.88 Å². The fourth-order valence-corrected chi connectivity index (χ4v) is 3.82. The van der Waals surface area contributed by atoms with Gasteiger partial charge in [-0.2, -0.15) is 5.10 Å². The molecule has 0 fully saturated rings. The van der Waals surface area contributed by atoms with Crippen molar-refractivity contribution < 1.29 is 4.79 Å². The highest BCUT2D eigenvalue weighted by Gasteiger charge is 2.19. The molecule has 0 spiro atoms. The van der Waals surface area contributed by atoms with Crippen molar-refractivity contribution in [3.8, 4) is 0 Å². The van der Waals surface area contributed by atoms with Crippen molar-refractivity contribution >= 4 is 28.7 Å². The van der Waals surface area contributed by atoms with Crippen molar-refractivity contribution in [3.63, 3.8) is 0 Å². The summed E-state index contributed by atoms with van der Waals surface area (Å²) in [6, 6.07) is 5.35. The number of aromatic nitrogens is 3. The number of hydrogen-bond acceptors (Lipinski definition) is 3. The molecular weight excluding hydrogens is 364 g/mol. The van der Waals surface area contributed by atoms with E-state index in [-0.39, 0.29) is 18.0 Å². The second-order valence-corrected chi connectivity index (χ2v) is 7.38. The molecule has 1 aromatic carbocycles. The van der Waals surface area contributed by atoms with Crippen molar-refractivity contribution in [3.05, 3.63) is 62.8 Å². The minimum Gasteiger partial charge on any atom is -0.324 e. The summed E-state index contributed by atoms with van der Waals surface area (Å²) in [4.78, 5) is 25.5. The van der Waals surface area contributed by atoms with Gasteiger partial charge in [0.2, 0.25) is 5.91 Å². The molecule has 4 rings (SSSR count). The van der Waals surface area contributed by atoms with Gasteiger partial charge in [0.05, 0.1) is 5.69 Å². The maximum Gasteiger partial charge on any atom is 0.277 e. The summed E-state index contributed by atoms with van der Waals surface area (Å²) >= 11 is 6.10. The number of anilines is 1. The minimum atomic E-state index is -0.266. The van der Waals surface area contributed by atoms with E-state index in [9.17, 15) is 9.59 Å². The quantitative estimate of drug-likeness (QED) is 0.704. The van der Waals surface area contributed by atoms with E-state index in [4.69, 9.17) is 11.6 Å². The molecule has 1 aliphatic rings. The molecule has 0 saturated carbocycles. The Labute approximate surface area is 161 Å². The van der Waals surface area contributed by atoms with E-state index in [1.807, 2.05) is 6.92 Å². The number of hydrogen-bond donors (Lipinski definition) is 1. The molecule has 27 heavy (non-hydrogen) atoms. The van der Waals surface area contributed by atoms with Gasteiger partial charge in [-0.25, -0.2) is 4.52 Å². The van der Waals surface area contributed by atoms with E-state index in [1.165, 1.54) is 4.57 Å². The fraction of sp³-hybridized carbons (Fsp3) is 0.350. The monoisotopic (exact) mass is 384 g/mol. The lowest BCUT2D eigenvalue weighted by Crippen LogP contribution is -2.28. The van der Waals surface area contributed by atoms with Crippen LogP contribution >= 0.6 is 11.6 Å². The lowest BCUT2D eigenvalue weighted by molar-refractivity contribution is -0.116. The van der Waals surface area contributed by atoms with Gasteiger partial charge in [0.25, 0.3) is 5.56 Å². The first-order valence-corrected chi connectivity index (χ1v) is 9.57. The molecule has 0 aliphatic heterocycles. The molecule has 3 aromatic rings. The third-order valence-electron chi connectivity index (χ3n) is 5.14. The number of rotatable bonds is 3. The zero-order valence-electron chi connectivity index (χ0n) is 15.2. The fourth-order valence-electron chi connectivity index (χ4n) is 3.64. The summed E-state index contributed by atoms with van der Waals surface area (Å²) in [5.41, 5.74) is 3.93. The number of carbonyl (C=O) groups excluding carboxylic acids is 1. The number of nitrogens with one attached hydrogen (secondary N) is 1. The number of halogens is 1.